The Balaban J connectivity index is 2.49. The molecule has 0 aromatic heterocycles. The van der Waals surface area contributed by atoms with Crippen molar-refractivity contribution >= 4 is 5.97 Å². The zero-order valence-corrected chi connectivity index (χ0v) is 9.92. The highest BCUT2D eigenvalue weighted by Gasteiger charge is 2.36. The fraction of sp³-hybridized carbons (Fsp3) is 0.909. The first-order valence-electron chi connectivity index (χ1n) is 5.61. The van der Waals surface area contributed by atoms with Crippen molar-refractivity contribution < 1.29 is 9.90 Å². The molecule has 2 N–H and O–H groups in total. The summed E-state index contributed by atoms with van der Waals surface area (Å²) in [6.07, 6.45) is 4.83. The van der Waals surface area contributed by atoms with E-state index in [-0.39, 0.29) is 5.54 Å². The molecular weight excluding hydrogens is 192 g/mol. The van der Waals surface area contributed by atoms with E-state index in [1.165, 1.54) is 25.7 Å². The number of aliphatic carboxylic acids is 1. The second-order valence-corrected chi connectivity index (χ2v) is 4.77. The summed E-state index contributed by atoms with van der Waals surface area (Å²) in [7, 11) is 4.16. The molecule has 4 heteroatoms. The van der Waals surface area contributed by atoms with E-state index >= 15 is 0 Å². The molecule has 0 heterocycles. The Morgan fingerprint density at radius 3 is 2.40 bits per heavy atom. The van der Waals surface area contributed by atoms with E-state index in [0.717, 1.165) is 6.54 Å². The van der Waals surface area contributed by atoms with Gasteiger partial charge in [0.1, 0.15) is 6.04 Å². The quantitative estimate of drug-likeness (QED) is 0.714. The SMILES string of the molecule is CC(NCC1(N(C)C)CCCC1)C(=O)O. The van der Waals surface area contributed by atoms with Crippen LogP contribution in [0, 0.1) is 0 Å². The van der Waals surface area contributed by atoms with Crippen LogP contribution < -0.4 is 5.32 Å². The van der Waals surface area contributed by atoms with E-state index in [9.17, 15) is 4.79 Å². The fourth-order valence-corrected chi connectivity index (χ4v) is 2.25. The van der Waals surface area contributed by atoms with Crippen molar-refractivity contribution in [3.63, 3.8) is 0 Å². The lowest BCUT2D eigenvalue weighted by molar-refractivity contribution is -0.139. The Bertz CT molecular complexity index is 223. The van der Waals surface area contributed by atoms with E-state index in [2.05, 4.69) is 24.3 Å². The van der Waals surface area contributed by atoms with Gasteiger partial charge in [0.2, 0.25) is 0 Å². The summed E-state index contributed by atoms with van der Waals surface area (Å²) in [5.41, 5.74) is 0.170. The van der Waals surface area contributed by atoms with Crippen molar-refractivity contribution in [1.82, 2.24) is 10.2 Å². The molecule has 1 saturated carbocycles. The van der Waals surface area contributed by atoms with Gasteiger partial charge in [-0.2, -0.15) is 0 Å². The topological polar surface area (TPSA) is 52.6 Å². The number of nitrogens with zero attached hydrogens (tertiary/aromatic N) is 1. The van der Waals surface area contributed by atoms with Crippen molar-refractivity contribution in [2.24, 2.45) is 0 Å². The van der Waals surface area contributed by atoms with Gasteiger partial charge in [0.25, 0.3) is 0 Å². The molecule has 0 aromatic carbocycles. The number of rotatable bonds is 5. The molecule has 4 nitrogen and oxygen atoms in total. The van der Waals surface area contributed by atoms with E-state index in [0.29, 0.717) is 0 Å². The first kappa shape index (κ1) is 12.5. The molecule has 0 radical (unpaired) electrons. The normalized spacial score (nSPS) is 21.9. The summed E-state index contributed by atoms with van der Waals surface area (Å²) in [5.74, 6) is -0.776. The van der Waals surface area contributed by atoms with Crippen LogP contribution in [0.1, 0.15) is 32.6 Å². The Morgan fingerprint density at radius 2 is 2.00 bits per heavy atom. The van der Waals surface area contributed by atoms with Crippen LogP contribution in [0.25, 0.3) is 0 Å². The zero-order chi connectivity index (χ0) is 11.5. The maximum Gasteiger partial charge on any atom is 0.320 e. The lowest BCUT2D eigenvalue weighted by atomic mass is 9.95. The molecule has 15 heavy (non-hydrogen) atoms. The maximum atomic E-state index is 10.7. The van der Waals surface area contributed by atoms with Crippen molar-refractivity contribution in [2.75, 3.05) is 20.6 Å². The molecule has 88 valence electrons. The lowest BCUT2D eigenvalue weighted by Crippen LogP contribution is -2.52. The minimum Gasteiger partial charge on any atom is -0.480 e. The number of carboxylic acids is 1. The summed E-state index contributed by atoms with van der Waals surface area (Å²) in [4.78, 5) is 12.9. The highest BCUT2D eigenvalue weighted by Crippen LogP contribution is 2.33. The van der Waals surface area contributed by atoms with Crippen LogP contribution in [0.5, 0.6) is 0 Å². The Kier molecular flexibility index (Phi) is 4.11. The van der Waals surface area contributed by atoms with Crippen molar-refractivity contribution in [2.45, 2.75) is 44.2 Å². The Morgan fingerprint density at radius 1 is 1.47 bits per heavy atom. The molecule has 1 aliphatic carbocycles. The molecule has 0 aliphatic heterocycles. The van der Waals surface area contributed by atoms with E-state index in [1.54, 1.807) is 6.92 Å². The number of hydrogen-bond donors (Lipinski definition) is 2. The van der Waals surface area contributed by atoms with Gasteiger partial charge in [-0.05, 0) is 33.9 Å². The average molecular weight is 214 g/mol. The van der Waals surface area contributed by atoms with Gasteiger partial charge in [-0.25, -0.2) is 0 Å². The number of hydrogen-bond acceptors (Lipinski definition) is 3. The van der Waals surface area contributed by atoms with Gasteiger partial charge in [0, 0.05) is 12.1 Å². The minimum absolute atomic E-state index is 0.170. The molecule has 0 bridgehead atoms. The molecule has 0 spiro atoms. The third-order valence-corrected chi connectivity index (χ3v) is 3.59. The molecule has 0 aromatic rings. The maximum absolute atomic E-state index is 10.7. The standard InChI is InChI=1S/C11H22N2O2/c1-9(10(14)15)12-8-11(13(2)3)6-4-5-7-11/h9,12H,4-8H2,1-3H3,(H,14,15). The number of nitrogens with one attached hydrogen (secondary N) is 1. The molecule has 0 saturated heterocycles. The molecular formula is C11H22N2O2. The number of likely N-dealkylation sites (N-methyl/N-ethyl adjacent to an activating group) is 1. The second-order valence-electron chi connectivity index (χ2n) is 4.77. The highest BCUT2D eigenvalue weighted by molar-refractivity contribution is 5.72. The van der Waals surface area contributed by atoms with Crippen LogP contribution in [0.15, 0.2) is 0 Å². The van der Waals surface area contributed by atoms with Gasteiger partial charge < -0.3 is 15.3 Å². The predicted molar refractivity (Wildman–Crippen MR) is 60.0 cm³/mol. The van der Waals surface area contributed by atoms with E-state index in [4.69, 9.17) is 5.11 Å². The smallest absolute Gasteiger partial charge is 0.320 e. The van der Waals surface area contributed by atoms with Gasteiger partial charge >= 0.3 is 5.97 Å². The summed E-state index contributed by atoms with van der Waals surface area (Å²) in [6.45, 7) is 2.47. The zero-order valence-electron chi connectivity index (χ0n) is 9.92. The minimum atomic E-state index is -0.776. The van der Waals surface area contributed by atoms with Gasteiger partial charge in [-0.15, -0.1) is 0 Å². The summed E-state index contributed by atoms with van der Waals surface area (Å²) < 4.78 is 0. The average Bonchev–Trinajstić information content (AvgIpc) is 2.63. The van der Waals surface area contributed by atoms with Crippen LogP contribution in [-0.4, -0.2) is 48.2 Å². The molecule has 1 fully saturated rings. The van der Waals surface area contributed by atoms with Crippen LogP contribution >= 0.6 is 0 Å². The van der Waals surface area contributed by atoms with Crippen LogP contribution in [0.3, 0.4) is 0 Å². The molecule has 1 unspecified atom stereocenters. The molecule has 0 amide bonds. The first-order valence-corrected chi connectivity index (χ1v) is 5.61. The number of carboxylic acid groups (broad SMARTS) is 1. The summed E-state index contributed by atoms with van der Waals surface area (Å²) in [6, 6.07) is -0.456. The van der Waals surface area contributed by atoms with Gasteiger partial charge in [0.05, 0.1) is 0 Å². The van der Waals surface area contributed by atoms with Gasteiger partial charge in [-0.3, -0.25) is 4.79 Å². The summed E-state index contributed by atoms with van der Waals surface area (Å²) in [5, 5.41) is 11.9. The van der Waals surface area contributed by atoms with Crippen molar-refractivity contribution in [3.8, 4) is 0 Å². The van der Waals surface area contributed by atoms with Crippen LogP contribution in [0.4, 0.5) is 0 Å². The largest absolute Gasteiger partial charge is 0.480 e. The highest BCUT2D eigenvalue weighted by atomic mass is 16.4. The van der Waals surface area contributed by atoms with Crippen molar-refractivity contribution in [1.29, 1.82) is 0 Å². The van der Waals surface area contributed by atoms with Gasteiger partial charge in [0.15, 0.2) is 0 Å². The fourth-order valence-electron chi connectivity index (χ4n) is 2.25. The monoisotopic (exact) mass is 214 g/mol. The Labute approximate surface area is 91.6 Å². The Hall–Kier alpha value is -0.610. The first-order chi connectivity index (χ1) is 6.98. The molecule has 1 atom stereocenters. The summed E-state index contributed by atoms with van der Waals surface area (Å²) >= 11 is 0. The molecule has 1 aliphatic rings. The van der Waals surface area contributed by atoms with Crippen LogP contribution in [-0.2, 0) is 4.79 Å². The van der Waals surface area contributed by atoms with Crippen LogP contribution in [0.2, 0.25) is 0 Å². The molecule has 1 rings (SSSR count). The third kappa shape index (κ3) is 2.92. The predicted octanol–water partition coefficient (Wildman–Crippen LogP) is 0.923. The van der Waals surface area contributed by atoms with Crippen molar-refractivity contribution in [3.05, 3.63) is 0 Å². The number of carbonyl (C=O) groups is 1. The second kappa shape index (κ2) is 4.94. The van der Waals surface area contributed by atoms with Gasteiger partial charge in [-0.1, -0.05) is 12.8 Å². The lowest BCUT2D eigenvalue weighted by Gasteiger charge is -2.37. The van der Waals surface area contributed by atoms with E-state index < -0.39 is 12.0 Å². The third-order valence-electron chi connectivity index (χ3n) is 3.59. The van der Waals surface area contributed by atoms with E-state index in [1.807, 2.05) is 0 Å².